The fourth-order valence-electron chi connectivity index (χ4n) is 3.82. The van der Waals surface area contributed by atoms with Crippen LogP contribution in [0.4, 0.5) is 4.79 Å². The van der Waals surface area contributed by atoms with E-state index in [2.05, 4.69) is 10.4 Å². The fraction of sp³-hybridized carbons (Fsp3) is 0.304. The first-order chi connectivity index (χ1) is 15.3. The van der Waals surface area contributed by atoms with Crippen LogP contribution in [0.25, 0.3) is 5.69 Å². The Morgan fingerprint density at radius 2 is 1.75 bits per heavy atom. The molecule has 0 spiro atoms. The number of urea groups is 1. The second-order valence-corrected chi connectivity index (χ2v) is 9.85. The molecule has 3 aromatic rings. The van der Waals surface area contributed by atoms with E-state index in [0.717, 1.165) is 22.4 Å². The Balaban J connectivity index is 1.31. The first kappa shape index (κ1) is 22.0. The molecular weight excluding hydrogens is 426 g/mol. The molecular formula is C23H27N5O3S. The Morgan fingerprint density at radius 3 is 2.44 bits per heavy atom. The predicted octanol–water partition coefficient (Wildman–Crippen LogP) is 2.71. The van der Waals surface area contributed by atoms with Gasteiger partial charge in [0.2, 0.25) is 10.0 Å². The van der Waals surface area contributed by atoms with Gasteiger partial charge in [-0.15, -0.1) is 0 Å². The molecule has 8 nitrogen and oxygen atoms in total. The molecule has 1 fully saturated rings. The standard InChI is InChI=1S/C23H27N5O3S/c1-18-8-9-22(19(2)14-18)32(30,31)27-12-10-26(11-13-27)23(29)24-15-20-16-25-28(17-20)21-6-4-3-5-7-21/h3-9,14,16-17H,10-13,15H2,1-2H3,(H,24,29). The van der Waals surface area contributed by atoms with Crippen molar-refractivity contribution in [2.24, 2.45) is 0 Å². The van der Waals surface area contributed by atoms with Gasteiger partial charge in [0, 0.05) is 44.5 Å². The highest BCUT2D eigenvalue weighted by atomic mass is 32.2. The van der Waals surface area contributed by atoms with Crippen LogP contribution in [0.15, 0.2) is 65.8 Å². The highest BCUT2D eigenvalue weighted by Crippen LogP contribution is 2.22. The van der Waals surface area contributed by atoms with Crippen LogP contribution in [0.2, 0.25) is 0 Å². The Bertz CT molecular complexity index is 1200. The summed E-state index contributed by atoms with van der Waals surface area (Å²) in [7, 11) is -3.57. The number of nitrogens with zero attached hydrogens (tertiary/aromatic N) is 4. The van der Waals surface area contributed by atoms with Gasteiger partial charge in [0.1, 0.15) is 0 Å². The number of sulfonamides is 1. The molecule has 0 unspecified atom stereocenters. The molecule has 0 atom stereocenters. The Labute approximate surface area is 188 Å². The molecule has 168 valence electrons. The van der Waals surface area contributed by atoms with Gasteiger partial charge in [0.15, 0.2) is 0 Å². The smallest absolute Gasteiger partial charge is 0.317 e. The molecule has 1 N–H and O–H groups in total. The number of rotatable bonds is 5. The van der Waals surface area contributed by atoms with E-state index >= 15 is 0 Å². The number of carbonyl (C=O) groups is 1. The number of piperazine rings is 1. The Morgan fingerprint density at radius 1 is 1.03 bits per heavy atom. The summed E-state index contributed by atoms with van der Waals surface area (Å²) in [6, 6.07) is 14.9. The summed E-state index contributed by atoms with van der Waals surface area (Å²) in [6.45, 7) is 5.34. The monoisotopic (exact) mass is 453 g/mol. The van der Waals surface area contributed by atoms with E-state index < -0.39 is 10.0 Å². The first-order valence-corrected chi connectivity index (χ1v) is 12.0. The fourth-order valence-corrected chi connectivity index (χ4v) is 5.45. The van der Waals surface area contributed by atoms with Gasteiger partial charge >= 0.3 is 6.03 Å². The van der Waals surface area contributed by atoms with Gasteiger partial charge in [-0.1, -0.05) is 35.9 Å². The average molecular weight is 454 g/mol. The van der Waals surface area contributed by atoms with Crippen LogP contribution < -0.4 is 5.32 Å². The third-order valence-electron chi connectivity index (χ3n) is 5.57. The van der Waals surface area contributed by atoms with Crippen LogP contribution in [0.3, 0.4) is 0 Å². The number of aryl methyl sites for hydroxylation is 2. The van der Waals surface area contributed by atoms with Crippen molar-refractivity contribution in [2.45, 2.75) is 25.3 Å². The molecule has 0 radical (unpaired) electrons. The van der Waals surface area contributed by atoms with Gasteiger partial charge in [-0.25, -0.2) is 17.9 Å². The lowest BCUT2D eigenvalue weighted by atomic mass is 10.2. The largest absolute Gasteiger partial charge is 0.334 e. The summed E-state index contributed by atoms with van der Waals surface area (Å²) in [5.41, 5.74) is 3.60. The van der Waals surface area contributed by atoms with Gasteiger partial charge in [-0.2, -0.15) is 9.40 Å². The van der Waals surface area contributed by atoms with Crippen molar-refractivity contribution in [1.82, 2.24) is 24.3 Å². The summed E-state index contributed by atoms with van der Waals surface area (Å²) in [5, 5.41) is 7.23. The summed E-state index contributed by atoms with van der Waals surface area (Å²) in [5.74, 6) is 0. The van der Waals surface area contributed by atoms with Crippen molar-refractivity contribution in [3.63, 3.8) is 0 Å². The van der Waals surface area contributed by atoms with E-state index in [9.17, 15) is 13.2 Å². The normalized spacial score (nSPS) is 15.0. The van der Waals surface area contributed by atoms with Crippen LogP contribution >= 0.6 is 0 Å². The van der Waals surface area contributed by atoms with E-state index in [1.54, 1.807) is 21.8 Å². The molecule has 32 heavy (non-hydrogen) atoms. The van der Waals surface area contributed by atoms with Crippen LogP contribution in [0.5, 0.6) is 0 Å². The predicted molar refractivity (Wildman–Crippen MR) is 122 cm³/mol. The SMILES string of the molecule is Cc1ccc(S(=O)(=O)N2CCN(C(=O)NCc3cnn(-c4ccccc4)c3)CC2)c(C)c1. The Kier molecular flexibility index (Phi) is 6.29. The third-order valence-corrected chi connectivity index (χ3v) is 7.63. The maximum Gasteiger partial charge on any atom is 0.317 e. The minimum absolute atomic E-state index is 0.207. The van der Waals surface area contributed by atoms with E-state index in [0.29, 0.717) is 24.5 Å². The number of carbonyl (C=O) groups excluding carboxylic acids is 1. The number of hydrogen-bond donors (Lipinski definition) is 1. The van der Waals surface area contributed by atoms with Crippen LogP contribution in [-0.2, 0) is 16.6 Å². The lowest BCUT2D eigenvalue weighted by Crippen LogP contribution is -2.53. The maximum absolute atomic E-state index is 13.0. The highest BCUT2D eigenvalue weighted by molar-refractivity contribution is 7.89. The minimum Gasteiger partial charge on any atom is -0.334 e. The van der Waals surface area contributed by atoms with Gasteiger partial charge in [0.05, 0.1) is 16.8 Å². The molecule has 0 aliphatic carbocycles. The molecule has 1 saturated heterocycles. The highest BCUT2D eigenvalue weighted by Gasteiger charge is 2.31. The lowest BCUT2D eigenvalue weighted by Gasteiger charge is -2.34. The number of hydrogen-bond acceptors (Lipinski definition) is 4. The van der Waals surface area contributed by atoms with Crippen molar-refractivity contribution in [1.29, 1.82) is 0 Å². The zero-order valence-electron chi connectivity index (χ0n) is 18.2. The van der Waals surface area contributed by atoms with Crippen molar-refractivity contribution in [3.05, 3.63) is 77.6 Å². The zero-order chi connectivity index (χ0) is 22.7. The number of benzene rings is 2. The molecule has 1 aliphatic rings. The summed E-state index contributed by atoms with van der Waals surface area (Å²) in [4.78, 5) is 14.6. The second-order valence-electron chi connectivity index (χ2n) is 7.95. The van der Waals surface area contributed by atoms with Crippen molar-refractivity contribution >= 4 is 16.1 Å². The van der Waals surface area contributed by atoms with E-state index in [4.69, 9.17) is 0 Å². The second kappa shape index (κ2) is 9.13. The van der Waals surface area contributed by atoms with Crippen molar-refractivity contribution < 1.29 is 13.2 Å². The number of nitrogens with one attached hydrogen (secondary N) is 1. The molecule has 2 aromatic carbocycles. The molecule has 0 saturated carbocycles. The van der Waals surface area contributed by atoms with Crippen LogP contribution in [0.1, 0.15) is 16.7 Å². The third kappa shape index (κ3) is 4.68. The molecule has 2 amide bonds. The number of aromatic nitrogens is 2. The van der Waals surface area contributed by atoms with Crippen LogP contribution in [-0.4, -0.2) is 59.6 Å². The minimum atomic E-state index is -3.57. The van der Waals surface area contributed by atoms with E-state index in [1.807, 2.05) is 62.5 Å². The van der Waals surface area contributed by atoms with Gasteiger partial charge < -0.3 is 10.2 Å². The molecule has 1 aromatic heterocycles. The van der Waals surface area contributed by atoms with E-state index in [-0.39, 0.29) is 19.1 Å². The topological polar surface area (TPSA) is 87.5 Å². The van der Waals surface area contributed by atoms with Gasteiger partial charge in [-0.3, -0.25) is 0 Å². The van der Waals surface area contributed by atoms with Crippen LogP contribution in [0, 0.1) is 13.8 Å². The Hall–Kier alpha value is -3.17. The number of para-hydroxylation sites is 1. The van der Waals surface area contributed by atoms with Gasteiger partial charge in [-0.05, 0) is 37.6 Å². The lowest BCUT2D eigenvalue weighted by molar-refractivity contribution is 0.172. The van der Waals surface area contributed by atoms with Gasteiger partial charge in [0.25, 0.3) is 0 Å². The molecule has 2 heterocycles. The number of amides is 2. The summed E-state index contributed by atoms with van der Waals surface area (Å²) >= 11 is 0. The molecule has 4 rings (SSSR count). The maximum atomic E-state index is 13.0. The van der Waals surface area contributed by atoms with Crippen molar-refractivity contribution in [3.8, 4) is 5.69 Å². The molecule has 0 bridgehead atoms. The van der Waals surface area contributed by atoms with E-state index in [1.165, 1.54) is 4.31 Å². The van der Waals surface area contributed by atoms with Crippen molar-refractivity contribution in [2.75, 3.05) is 26.2 Å². The average Bonchev–Trinajstić information content (AvgIpc) is 3.27. The summed E-state index contributed by atoms with van der Waals surface area (Å²) < 4.78 is 29.3. The molecule has 1 aliphatic heterocycles. The quantitative estimate of drug-likeness (QED) is 0.644. The molecule has 9 heteroatoms. The first-order valence-electron chi connectivity index (χ1n) is 10.5. The zero-order valence-corrected chi connectivity index (χ0v) is 19.0. The summed E-state index contributed by atoms with van der Waals surface area (Å²) in [6.07, 6.45) is 3.60.